The average Bonchev–Trinajstić information content (AvgIpc) is 2.29. The molecule has 1 N–H and O–H groups in total. The third kappa shape index (κ3) is 4.02. The number of aromatic nitrogens is 1. The molecule has 0 aliphatic carbocycles. The Bertz CT molecular complexity index is 342. The Morgan fingerprint density at radius 1 is 1.62 bits per heavy atom. The Balaban J connectivity index is 2.60. The normalized spacial score (nSPS) is 12.2. The Hall–Kier alpha value is -0.740. The van der Waals surface area contributed by atoms with Gasteiger partial charge in [0.25, 0.3) is 5.91 Å². The number of carbonyl (C=O) groups is 1. The molecule has 88 valence electrons. The van der Waals surface area contributed by atoms with E-state index in [9.17, 15) is 4.79 Å². The topological polar surface area (TPSA) is 42.0 Å². The second kappa shape index (κ2) is 6.76. The van der Waals surface area contributed by atoms with Crippen molar-refractivity contribution >= 4 is 29.3 Å². The van der Waals surface area contributed by atoms with Gasteiger partial charge in [-0.15, -0.1) is 0 Å². The molecule has 1 heterocycles. The van der Waals surface area contributed by atoms with E-state index in [0.717, 1.165) is 12.2 Å². The number of nitrogens with zero attached hydrogens (tertiary/aromatic N) is 1. The lowest BCUT2D eigenvalue weighted by atomic mass is 10.2. The molecule has 0 bridgehead atoms. The number of carbonyl (C=O) groups excluding carboxylic acids is 1. The predicted octanol–water partition coefficient (Wildman–Crippen LogP) is 2.61. The molecule has 0 aliphatic heterocycles. The quantitative estimate of drug-likeness (QED) is 0.826. The number of nitrogens with one attached hydrogen (secondary N) is 1. The molecular weight excluding hydrogens is 244 g/mol. The number of hydrogen-bond donors (Lipinski definition) is 1. The third-order valence-corrected chi connectivity index (χ3v) is 3.14. The van der Waals surface area contributed by atoms with Crippen LogP contribution in [0.25, 0.3) is 0 Å². The Morgan fingerprint density at radius 3 is 2.88 bits per heavy atom. The molecule has 0 saturated heterocycles. The van der Waals surface area contributed by atoms with Gasteiger partial charge in [-0.05, 0) is 24.8 Å². The van der Waals surface area contributed by atoms with Crippen LogP contribution in [-0.2, 0) is 0 Å². The fourth-order valence-corrected chi connectivity index (χ4v) is 2.07. The summed E-state index contributed by atoms with van der Waals surface area (Å²) in [4.78, 5) is 15.7. The molecule has 0 spiro atoms. The highest BCUT2D eigenvalue weighted by Gasteiger charge is 2.11. The van der Waals surface area contributed by atoms with Crippen LogP contribution in [0.5, 0.6) is 0 Å². The highest BCUT2D eigenvalue weighted by atomic mass is 35.5. The summed E-state index contributed by atoms with van der Waals surface area (Å²) in [6.07, 6.45) is 4.44. The zero-order valence-corrected chi connectivity index (χ0v) is 10.9. The summed E-state index contributed by atoms with van der Waals surface area (Å²) in [6, 6.07) is 3.50. The summed E-state index contributed by atoms with van der Waals surface area (Å²) in [6.45, 7) is 2.06. The molecule has 0 aliphatic rings. The summed E-state index contributed by atoms with van der Waals surface area (Å²) in [7, 11) is 0. The lowest BCUT2D eigenvalue weighted by molar-refractivity contribution is 0.0939. The summed E-state index contributed by atoms with van der Waals surface area (Å²) < 4.78 is 0. The highest BCUT2D eigenvalue weighted by molar-refractivity contribution is 7.98. The van der Waals surface area contributed by atoms with Crippen molar-refractivity contribution in [2.24, 2.45) is 0 Å². The van der Waals surface area contributed by atoms with E-state index in [-0.39, 0.29) is 11.9 Å². The van der Waals surface area contributed by atoms with Crippen molar-refractivity contribution in [1.29, 1.82) is 0 Å². The molecule has 5 heteroatoms. The molecule has 1 rings (SSSR count). The van der Waals surface area contributed by atoms with Gasteiger partial charge in [0.05, 0.1) is 5.56 Å². The zero-order valence-electron chi connectivity index (χ0n) is 9.37. The maximum Gasteiger partial charge on any atom is 0.253 e. The maximum absolute atomic E-state index is 11.8. The maximum atomic E-state index is 11.8. The minimum absolute atomic E-state index is 0.0925. The van der Waals surface area contributed by atoms with Gasteiger partial charge in [0.1, 0.15) is 5.15 Å². The molecule has 0 fully saturated rings. The Kier molecular flexibility index (Phi) is 5.63. The van der Waals surface area contributed by atoms with E-state index in [4.69, 9.17) is 11.6 Å². The summed E-state index contributed by atoms with van der Waals surface area (Å²) in [5.41, 5.74) is 0.545. The van der Waals surface area contributed by atoms with Crippen LogP contribution in [0, 0.1) is 0 Å². The highest BCUT2D eigenvalue weighted by Crippen LogP contribution is 2.07. The van der Waals surface area contributed by atoms with Gasteiger partial charge >= 0.3 is 0 Å². The third-order valence-electron chi connectivity index (χ3n) is 2.19. The largest absolute Gasteiger partial charge is 0.348 e. The van der Waals surface area contributed by atoms with Crippen LogP contribution < -0.4 is 5.32 Å². The van der Waals surface area contributed by atoms with Gasteiger partial charge in [0, 0.05) is 18.0 Å². The van der Waals surface area contributed by atoms with Crippen LogP contribution >= 0.6 is 23.4 Å². The molecule has 1 atom stereocenters. The second-order valence-corrected chi connectivity index (χ2v) is 4.70. The van der Waals surface area contributed by atoms with Crippen molar-refractivity contribution in [3.8, 4) is 0 Å². The molecule has 3 nitrogen and oxygen atoms in total. The first-order chi connectivity index (χ1) is 7.67. The van der Waals surface area contributed by atoms with E-state index in [1.165, 1.54) is 6.20 Å². The second-order valence-electron chi connectivity index (χ2n) is 3.40. The summed E-state index contributed by atoms with van der Waals surface area (Å²) in [5.74, 6) is 0.827. The first kappa shape index (κ1) is 13.3. The monoisotopic (exact) mass is 258 g/mol. The SMILES string of the molecule is CCC(CSC)NC(=O)c1ccc(Cl)nc1. The van der Waals surface area contributed by atoms with E-state index >= 15 is 0 Å². The van der Waals surface area contributed by atoms with Crippen molar-refractivity contribution in [2.45, 2.75) is 19.4 Å². The van der Waals surface area contributed by atoms with Crippen LogP contribution in [0.3, 0.4) is 0 Å². The standard InChI is InChI=1S/C11H15ClN2OS/c1-3-9(7-16-2)14-11(15)8-4-5-10(12)13-6-8/h4-6,9H,3,7H2,1-2H3,(H,14,15). The van der Waals surface area contributed by atoms with Gasteiger partial charge in [0.15, 0.2) is 0 Å². The molecule has 0 aromatic carbocycles. The van der Waals surface area contributed by atoms with Gasteiger partial charge < -0.3 is 5.32 Å². The van der Waals surface area contributed by atoms with E-state index in [0.29, 0.717) is 10.7 Å². The van der Waals surface area contributed by atoms with Crippen molar-refractivity contribution in [3.05, 3.63) is 29.0 Å². The average molecular weight is 259 g/mol. The van der Waals surface area contributed by atoms with Crippen molar-refractivity contribution < 1.29 is 4.79 Å². The van der Waals surface area contributed by atoms with E-state index in [2.05, 4.69) is 17.2 Å². The molecule has 0 saturated carbocycles. The van der Waals surface area contributed by atoms with E-state index in [1.807, 2.05) is 6.26 Å². The minimum atomic E-state index is -0.0925. The van der Waals surface area contributed by atoms with Gasteiger partial charge in [-0.3, -0.25) is 4.79 Å². The number of hydrogen-bond acceptors (Lipinski definition) is 3. The summed E-state index contributed by atoms with van der Waals surface area (Å²) >= 11 is 7.38. The number of pyridine rings is 1. The van der Waals surface area contributed by atoms with Crippen molar-refractivity contribution in [2.75, 3.05) is 12.0 Å². The number of rotatable bonds is 5. The number of amides is 1. The van der Waals surface area contributed by atoms with Crippen LogP contribution in [0.2, 0.25) is 5.15 Å². The molecule has 0 radical (unpaired) electrons. The summed E-state index contributed by atoms with van der Waals surface area (Å²) in [5, 5.41) is 3.36. The number of halogens is 1. The first-order valence-corrected chi connectivity index (χ1v) is 6.86. The Labute approximate surface area is 105 Å². The van der Waals surface area contributed by atoms with Crippen LogP contribution in [0.1, 0.15) is 23.7 Å². The predicted molar refractivity (Wildman–Crippen MR) is 69.2 cm³/mol. The lowest BCUT2D eigenvalue weighted by Crippen LogP contribution is -2.36. The van der Waals surface area contributed by atoms with Crippen molar-refractivity contribution in [1.82, 2.24) is 10.3 Å². The molecular formula is C11H15ClN2OS. The molecule has 16 heavy (non-hydrogen) atoms. The molecule has 1 unspecified atom stereocenters. The van der Waals surface area contributed by atoms with Gasteiger partial charge in [0.2, 0.25) is 0 Å². The smallest absolute Gasteiger partial charge is 0.253 e. The van der Waals surface area contributed by atoms with Gasteiger partial charge in [-0.25, -0.2) is 4.98 Å². The lowest BCUT2D eigenvalue weighted by Gasteiger charge is -2.15. The molecule has 1 aromatic heterocycles. The van der Waals surface area contributed by atoms with Crippen LogP contribution in [0.15, 0.2) is 18.3 Å². The first-order valence-electron chi connectivity index (χ1n) is 5.08. The van der Waals surface area contributed by atoms with Crippen molar-refractivity contribution in [3.63, 3.8) is 0 Å². The van der Waals surface area contributed by atoms with E-state index < -0.39 is 0 Å². The van der Waals surface area contributed by atoms with Gasteiger partial charge in [-0.2, -0.15) is 11.8 Å². The zero-order chi connectivity index (χ0) is 12.0. The van der Waals surface area contributed by atoms with Crippen LogP contribution in [0.4, 0.5) is 0 Å². The fraction of sp³-hybridized carbons (Fsp3) is 0.455. The number of thioether (sulfide) groups is 1. The Morgan fingerprint density at radius 2 is 2.38 bits per heavy atom. The van der Waals surface area contributed by atoms with Gasteiger partial charge in [-0.1, -0.05) is 18.5 Å². The van der Waals surface area contributed by atoms with Crippen LogP contribution in [-0.4, -0.2) is 28.9 Å². The fourth-order valence-electron chi connectivity index (χ4n) is 1.24. The molecule has 1 amide bonds. The molecule has 1 aromatic rings. The minimum Gasteiger partial charge on any atom is -0.348 e. The van der Waals surface area contributed by atoms with E-state index in [1.54, 1.807) is 23.9 Å².